The summed E-state index contributed by atoms with van der Waals surface area (Å²) in [6.07, 6.45) is 0.984. The number of rotatable bonds is 12. The van der Waals surface area contributed by atoms with Crippen molar-refractivity contribution < 1.29 is 19.5 Å². The van der Waals surface area contributed by atoms with Gasteiger partial charge in [-0.25, -0.2) is 4.79 Å². The smallest absolute Gasteiger partial charge is 0.327 e. The standard InChI is InChI=1S/C18H28N6O4S/c19-12(7-4-8-22-18(20)21)15(25)23-13(9-11-5-2-1-3-6-11)16(26)24-14(10-29)17(27)28/h1-3,5-6,12-14,29H,4,7-10,19H2,(H,23,25)(H,24,26)(H,27,28)(H4,20,21,22). The molecule has 0 radical (unpaired) electrons. The minimum absolute atomic E-state index is 0.0419. The molecule has 0 spiro atoms. The van der Waals surface area contributed by atoms with Crippen LogP contribution in [-0.4, -0.2) is 59.3 Å². The van der Waals surface area contributed by atoms with Crippen molar-refractivity contribution in [1.82, 2.24) is 10.6 Å². The van der Waals surface area contributed by atoms with Crippen molar-refractivity contribution in [3.8, 4) is 0 Å². The number of hydrogen-bond donors (Lipinski definition) is 7. The van der Waals surface area contributed by atoms with E-state index in [0.29, 0.717) is 19.4 Å². The highest BCUT2D eigenvalue weighted by atomic mass is 32.1. The lowest BCUT2D eigenvalue weighted by molar-refractivity contribution is -0.141. The molecule has 0 aliphatic carbocycles. The average molecular weight is 425 g/mol. The van der Waals surface area contributed by atoms with Crippen LogP contribution in [0.15, 0.2) is 35.3 Å². The van der Waals surface area contributed by atoms with Crippen molar-refractivity contribution in [2.24, 2.45) is 22.2 Å². The molecule has 1 aromatic rings. The Labute approximate surface area is 174 Å². The van der Waals surface area contributed by atoms with E-state index in [1.165, 1.54) is 0 Å². The van der Waals surface area contributed by atoms with Gasteiger partial charge in [0, 0.05) is 18.7 Å². The fourth-order valence-corrected chi connectivity index (χ4v) is 2.69. The zero-order valence-electron chi connectivity index (χ0n) is 16.0. The van der Waals surface area contributed by atoms with Crippen LogP contribution in [0, 0.1) is 0 Å². The number of nitrogens with two attached hydrogens (primary N) is 3. The Bertz CT molecular complexity index is 712. The van der Waals surface area contributed by atoms with Crippen LogP contribution < -0.4 is 27.8 Å². The van der Waals surface area contributed by atoms with Crippen molar-refractivity contribution in [3.63, 3.8) is 0 Å². The Morgan fingerprint density at radius 3 is 2.24 bits per heavy atom. The molecule has 3 atom stereocenters. The first-order chi connectivity index (χ1) is 13.7. The van der Waals surface area contributed by atoms with E-state index in [1.807, 2.05) is 6.07 Å². The van der Waals surface area contributed by atoms with Crippen LogP contribution in [0.3, 0.4) is 0 Å². The molecule has 1 aromatic carbocycles. The SMILES string of the molecule is NC(N)=NCCCC(N)C(=O)NC(Cc1ccccc1)C(=O)NC(CS)C(=O)O. The van der Waals surface area contributed by atoms with E-state index in [9.17, 15) is 14.4 Å². The minimum Gasteiger partial charge on any atom is -0.480 e. The fraction of sp³-hybridized carbons (Fsp3) is 0.444. The highest BCUT2D eigenvalue weighted by molar-refractivity contribution is 7.80. The van der Waals surface area contributed by atoms with Gasteiger partial charge in [0.2, 0.25) is 11.8 Å². The van der Waals surface area contributed by atoms with E-state index >= 15 is 0 Å². The molecule has 11 heteroatoms. The molecule has 160 valence electrons. The van der Waals surface area contributed by atoms with Gasteiger partial charge >= 0.3 is 5.97 Å². The Morgan fingerprint density at radius 1 is 1.07 bits per heavy atom. The molecule has 9 N–H and O–H groups in total. The third-order valence-corrected chi connectivity index (χ3v) is 4.38. The minimum atomic E-state index is -1.21. The quantitative estimate of drug-likeness (QED) is 0.0929. The first kappa shape index (κ1) is 24.2. The van der Waals surface area contributed by atoms with Gasteiger partial charge in [-0.15, -0.1) is 0 Å². The number of amides is 2. The normalized spacial score (nSPS) is 13.6. The van der Waals surface area contributed by atoms with E-state index in [0.717, 1.165) is 5.56 Å². The first-order valence-electron chi connectivity index (χ1n) is 9.04. The number of carbonyl (C=O) groups is 3. The van der Waals surface area contributed by atoms with Gasteiger partial charge in [-0.2, -0.15) is 12.6 Å². The summed E-state index contributed by atoms with van der Waals surface area (Å²) in [7, 11) is 0. The van der Waals surface area contributed by atoms with Crippen molar-refractivity contribution in [2.45, 2.75) is 37.4 Å². The molecule has 0 aromatic heterocycles. The van der Waals surface area contributed by atoms with Crippen LogP contribution in [0.4, 0.5) is 0 Å². The van der Waals surface area contributed by atoms with Crippen molar-refractivity contribution >= 4 is 36.4 Å². The maximum absolute atomic E-state index is 12.6. The van der Waals surface area contributed by atoms with E-state index in [2.05, 4.69) is 28.3 Å². The molecule has 2 amide bonds. The molecular formula is C18H28N6O4S. The number of carbonyl (C=O) groups excluding carboxylic acids is 2. The number of benzene rings is 1. The monoisotopic (exact) mass is 424 g/mol. The zero-order chi connectivity index (χ0) is 21.8. The number of aliphatic imine (C=N–C) groups is 1. The van der Waals surface area contributed by atoms with Crippen molar-refractivity contribution in [3.05, 3.63) is 35.9 Å². The summed E-state index contributed by atoms with van der Waals surface area (Å²) in [5.74, 6) is -2.49. The lowest BCUT2D eigenvalue weighted by Gasteiger charge is -2.22. The second-order valence-electron chi connectivity index (χ2n) is 6.39. The van der Waals surface area contributed by atoms with Gasteiger partial charge in [0.1, 0.15) is 12.1 Å². The molecule has 0 saturated heterocycles. The Morgan fingerprint density at radius 2 is 1.69 bits per heavy atom. The lowest BCUT2D eigenvalue weighted by atomic mass is 10.0. The lowest BCUT2D eigenvalue weighted by Crippen LogP contribution is -2.55. The summed E-state index contributed by atoms with van der Waals surface area (Å²) in [4.78, 5) is 40.0. The molecule has 0 bridgehead atoms. The van der Waals surface area contributed by atoms with Crippen molar-refractivity contribution in [2.75, 3.05) is 12.3 Å². The largest absolute Gasteiger partial charge is 0.480 e. The second kappa shape index (κ2) is 12.6. The van der Waals surface area contributed by atoms with Crippen molar-refractivity contribution in [1.29, 1.82) is 0 Å². The predicted octanol–water partition coefficient (Wildman–Crippen LogP) is -1.41. The number of aliphatic carboxylic acids is 1. The van der Waals surface area contributed by atoms with Gasteiger partial charge in [-0.05, 0) is 18.4 Å². The summed E-state index contributed by atoms with van der Waals surface area (Å²) in [6.45, 7) is 0.333. The zero-order valence-corrected chi connectivity index (χ0v) is 16.8. The summed E-state index contributed by atoms with van der Waals surface area (Å²) in [5, 5.41) is 14.1. The molecule has 0 aliphatic rings. The molecule has 10 nitrogen and oxygen atoms in total. The van der Waals surface area contributed by atoms with Gasteiger partial charge < -0.3 is 32.9 Å². The molecule has 0 saturated carbocycles. The van der Waals surface area contributed by atoms with Gasteiger partial charge in [0.15, 0.2) is 5.96 Å². The highest BCUT2D eigenvalue weighted by Crippen LogP contribution is 2.05. The van der Waals surface area contributed by atoms with E-state index in [1.54, 1.807) is 24.3 Å². The molecule has 0 aliphatic heterocycles. The third-order valence-electron chi connectivity index (χ3n) is 4.02. The maximum atomic E-state index is 12.6. The fourth-order valence-electron chi connectivity index (χ4n) is 2.45. The van der Waals surface area contributed by atoms with Crippen LogP contribution in [0.25, 0.3) is 0 Å². The molecular weight excluding hydrogens is 396 g/mol. The molecule has 0 heterocycles. The van der Waals surface area contributed by atoms with E-state index < -0.39 is 35.9 Å². The molecule has 3 unspecified atom stereocenters. The van der Waals surface area contributed by atoms with E-state index in [4.69, 9.17) is 22.3 Å². The number of guanidine groups is 1. The van der Waals surface area contributed by atoms with Crippen LogP contribution in [-0.2, 0) is 20.8 Å². The average Bonchev–Trinajstić information content (AvgIpc) is 2.68. The van der Waals surface area contributed by atoms with Crippen LogP contribution in [0.1, 0.15) is 18.4 Å². The van der Waals surface area contributed by atoms with Gasteiger partial charge in [-0.1, -0.05) is 30.3 Å². The number of carboxylic acids is 1. The molecule has 1 rings (SSSR count). The van der Waals surface area contributed by atoms with Crippen LogP contribution in [0.2, 0.25) is 0 Å². The Kier molecular flexibility index (Phi) is 10.6. The predicted molar refractivity (Wildman–Crippen MR) is 113 cm³/mol. The summed E-state index contributed by atoms with van der Waals surface area (Å²) in [6, 6.07) is 6.00. The summed E-state index contributed by atoms with van der Waals surface area (Å²) in [5.41, 5.74) is 17.2. The van der Waals surface area contributed by atoms with Crippen LogP contribution in [0.5, 0.6) is 0 Å². The third kappa shape index (κ3) is 9.30. The topological polar surface area (TPSA) is 186 Å². The number of thiol groups is 1. The highest BCUT2D eigenvalue weighted by Gasteiger charge is 2.27. The Hall–Kier alpha value is -2.79. The number of nitrogens with one attached hydrogen (secondary N) is 2. The van der Waals surface area contributed by atoms with Gasteiger partial charge in [0.05, 0.1) is 6.04 Å². The molecule has 0 fully saturated rings. The Balaban J connectivity index is 2.79. The maximum Gasteiger partial charge on any atom is 0.327 e. The van der Waals surface area contributed by atoms with Crippen LogP contribution >= 0.6 is 12.6 Å². The van der Waals surface area contributed by atoms with E-state index in [-0.39, 0.29) is 18.1 Å². The number of carboxylic acid groups (broad SMARTS) is 1. The number of nitrogens with zero attached hydrogens (tertiary/aromatic N) is 1. The first-order valence-corrected chi connectivity index (χ1v) is 9.67. The number of hydrogen-bond acceptors (Lipinski definition) is 6. The van der Waals surface area contributed by atoms with Gasteiger partial charge in [0.25, 0.3) is 0 Å². The second-order valence-corrected chi connectivity index (χ2v) is 6.75. The van der Waals surface area contributed by atoms with Gasteiger partial charge in [-0.3, -0.25) is 14.6 Å². The summed E-state index contributed by atoms with van der Waals surface area (Å²) < 4.78 is 0. The molecule has 29 heavy (non-hydrogen) atoms. The summed E-state index contributed by atoms with van der Waals surface area (Å²) >= 11 is 3.93.